The standard InChI is InChI=1S/C29H34F3N5O4S/c1-27(2,3)41-26(39)35-12-10-18(11-13-35)17-40-21-8-6-19(7-9-21)37-25(42)36(24(38)28(37,4)5)20-14-22(29(30,31)32)23(15-33)34-16-20/h6-9,14,16,18,25,42H,10-13,17H2,1-5H3. The van der Waals surface area contributed by atoms with E-state index in [1.165, 1.54) is 6.07 Å². The highest BCUT2D eigenvalue weighted by atomic mass is 32.1. The number of alkyl halides is 3. The van der Waals surface area contributed by atoms with Gasteiger partial charge in [0.05, 0.1) is 24.1 Å². The van der Waals surface area contributed by atoms with Crippen molar-refractivity contribution in [2.75, 3.05) is 29.5 Å². The highest BCUT2D eigenvalue weighted by molar-refractivity contribution is 7.81. The topological polar surface area (TPSA) is 99.0 Å². The van der Waals surface area contributed by atoms with Crippen molar-refractivity contribution < 1.29 is 32.2 Å². The summed E-state index contributed by atoms with van der Waals surface area (Å²) in [5.74, 6) is 0.423. The Hall–Kier alpha value is -3.66. The van der Waals surface area contributed by atoms with E-state index in [1.54, 1.807) is 47.9 Å². The Morgan fingerprint density at radius 2 is 1.76 bits per heavy atom. The number of aromatic nitrogens is 1. The molecule has 4 rings (SSSR count). The fourth-order valence-corrected chi connectivity index (χ4v) is 5.69. The minimum absolute atomic E-state index is 0.112. The number of ether oxygens (including phenoxy) is 2. The molecule has 1 aromatic carbocycles. The average Bonchev–Trinajstić information content (AvgIpc) is 3.09. The van der Waals surface area contributed by atoms with Crippen LogP contribution in [0.3, 0.4) is 0 Å². The first-order chi connectivity index (χ1) is 19.5. The Kier molecular flexibility index (Phi) is 8.60. The molecule has 1 unspecified atom stereocenters. The number of piperidine rings is 1. The number of benzene rings is 1. The molecule has 42 heavy (non-hydrogen) atoms. The van der Waals surface area contributed by atoms with Gasteiger partial charge < -0.3 is 19.3 Å². The lowest BCUT2D eigenvalue weighted by molar-refractivity contribution is -0.138. The summed E-state index contributed by atoms with van der Waals surface area (Å²) < 4.78 is 52.1. The monoisotopic (exact) mass is 605 g/mol. The van der Waals surface area contributed by atoms with Gasteiger partial charge in [0.1, 0.15) is 23.0 Å². The van der Waals surface area contributed by atoms with Crippen LogP contribution in [-0.2, 0) is 15.7 Å². The van der Waals surface area contributed by atoms with Gasteiger partial charge in [0, 0.05) is 18.8 Å². The third-order valence-electron chi connectivity index (χ3n) is 7.24. The minimum atomic E-state index is -4.82. The van der Waals surface area contributed by atoms with Crippen molar-refractivity contribution in [3.8, 4) is 11.8 Å². The number of rotatable bonds is 5. The normalized spacial score (nSPS) is 19.6. The first kappa shape index (κ1) is 31.3. The predicted octanol–water partition coefficient (Wildman–Crippen LogP) is 5.84. The molecule has 2 aromatic rings. The van der Waals surface area contributed by atoms with Gasteiger partial charge in [0.25, 0.3) is 5.91 Å². The van der Waals surface area contributed by atoms with Crippen LogP contribution in [0.15, 0.2) is 36.5 Å². The zero-order chi connectivity index (χ0) is 31.0. The second-order valence-corrected chi connectivity index (χ2v) is 12.3. The number of nitriles is 1. The summed E-state index contributed by atoms with van der Waals surface area (Å²) in [7, 11) is 0. The van der Waals surface area contributed by atoms with Gasteiger partial charge in [-0.3, -0.25) is 9.69 Å². The molecule has 0 N–H and O–H groups in total. The van der Waals surface area contributed by atoms with Crippen LogP contribution in [-0.4, -0.2) is 58.2 Å². The van der Waals surface area contributed by atoms with Gasteiger partial charge in [-0.15, -0.1) is 12.6 Å². The van der Waals surface area contributed by atoms with Crippen LogP contribution >= 0.6 is 12.6 Å². The number of carbonyl (C=O) groups excluding carboxylic acids is 2. The number of carbonyl (C=O) groups is 2. The number of nitrogens with zero attached hydrogens (tertiary/aromatic N) is 5. The molecule has 3 heterocycles. The minimum Gasteiger partial charge on any atom is -0.493 e. The number of likely N-dealkylation sites (tertiary alicyclic amines) is 1. The largest absolute Gasteiger partial charge is 0.493 e. The van der Waals surface area contributed by atoms with E-state index in [1.807, 2.05) is 20.8 Å². The van der Waals surface area contributed by atoms with Crippen LogP contribution in [0.25, 0.3) is 0 Å². The molecule has 13 heteroatoms. The number of amides is 2. The first-order valence-electron chi connectivity index (χ1n) is 13.5. The molecule has 0 aliphatic carbocycles. The molecular formula is C29H34F3N5O4S. The molecule has 0 spiro atoms. The molecule has 2 saturated heterocycles. The van der Waals surface area contributed by atoms with Crippen molar-refractivity contribution in [2.45, 2.75) is 70.3 Å². The molecule has 2 amide bonds. The Morgan fingerprint density at radius 3 is 2.31 bits per heavy atom. The Morgan fingerprint density at radius 1 is 1.14 bits per heavy atom. The zero-order valence-electron chi connectivity index (χ0n) is 24.1. The molecule has 9 nitrogen and oxygen atoms in total. The molecule has 0 radical (unpaired) electrons. The van der Waals surface area contributed by atoms with Gasteiger partial charge >= 0.3 is 12.3 Å². The predicted molar refractivity (Wildman–Crippen MR) is 153 cm³/mol. The highest BCUT2D eigenvalue weighted by Gasteiger charge is 2.52. The fourth-order valence-electron chi connectivity index (χ4n) is 5.03. The van der Waals surface area contributed by atoms with Gasteiger partial charge in [-0.05, 0) is 83.7 Å². The van der Waals surface area contributed by atoms with E-state index in [9.17, 15) is 22.8 Å². The molecule has 2 aliphatic heterocycles. The van der Waals surface area contributed by atoms with E-state index in [2.05, 4.69) is 17.6 Å². The van der Waals surface area contributed by atoms with Crippen LogP contribution in [0, 0.1) is 17.2 Å². The van der Waals surface area contributed by atoms with Gasteiger partial charge in [-0.2, -0.15) is 18.4 Å². The average molecular weight is 606 g/mol. The van der Waals surface area contributed by atoms with Crippen molar-refractivity contribution in [3.05, 3.63) is 47.8 Å². The van der Waals surface area contributed by atoms with E-state index in [-0.39, 0.29) is 17.7 Å². The third-order valence-corrected chi connectivity index (χ3v) is 7.70. The van der Waals surface area contributed by atoms with Crippen LogP contribution in [0.2, 0.25) is 0 Å². The van der Waals surface area contributed by atoms with Crippen LogP contribution in [0.1, 0.15) is 58.7 Å². The van der Waals surface area contributed by atoms with Gasteiger partial charge in [-0.25, -0.2) is 9.78 Å². The summed E-state index contributed by atoms with van der Waals surface area (Å²) in [6.45, 7) is 10.5. The van der Waals surface area contributed by atoms with Crippen LogP contribution < -0.4 is 14.5 Å². The summed E-state index contributed by atoms with van der Waals surface area (Å²) in [6.07, 6.45) is -2.47. The van der Waals surface area contributed by atoms with E-state index >= 15 is 0 Å². The maximum absolute atomic E-state index is 13.6. The Labute approximate surface area is 248 Å². The van der Waals surface area contributed by atoms with Crippen molar-refractivity contribution in [1.82, 2.24) is 9.88 Å². The molecule has 2 aliphatic rings. The zero-order valence-corrected chi connectivity index (χ0v) is 25.0. The SMILES string of the molecule is CC(C)(C)OC(=O)N1CCC(COc2ccc(N3C(S)N(c4cnc(C#N)c(C(F)(F)F)c4)C(=O)C3(C)C)cc2)CC1. The van der Waals surface area contributed by atoms with E-state index in [4.69, 9.17) is 14.7 Å². The van der Waals surface area contributed by atoms with Crippen molar-refractivity contribution in [2.24, 2.45) is 5.92 Å². The number of halogens is 3. The Balaban J connectivity index is 1.42. The number of anilines is 2. The van der Waals surface area contributed by atoms with Crippen LogP contribution in [0.5, 0.6) is 5.75 Å². The quantitative estimate of drug-likeness (QED) is 0.428. The molecular weight excluding hydrogens is 571 g/mol. The van der Waals surface area contributed by atoms with Crippen molar-refractivity contribution in [1.29, 1.82) is 5.26 Å². The second-order valence-electron chi connectivity index (χ2n) is 11.9. The van der Waals surface area contributed by atoms with Crippen molar-refractivity contribution >= 4 is 36.0 Å². The highest BCUT2D eigenvalue weighted by Crippen LogP contribution is 2.42. The fraction of sp³-hybridized carbons (Fsp3) is 0.517. The summed E-state index contributed by atoms with van der Waals surface area (Å²) in [5, 5.41) is 9.07. The maximum atomic E-state index is 13.6. The summed E-state index contributed by atoms with van der Waals surface area (Å²) >= 11 is 4.60. The van der Waals surface area contributed by atoms with E-state index in [0.29, 0.717) is 31.1 Å². The summed E-state index contributed by atoms with van der Waals surface area (Å²) in [4.78, 5) is 33.9. The molecule has 2 fully saturated rings. The lowest BCUT2D eigenvalue weighted by Crippen LogP contribution is -2.44. The van der Waals surface area contributed by atoms with Gasteiger partial charge in [0.2, 0.25) is 0 Å². The van der Waals surface area contributed by atoms with Gasteiger partial charge in [0.15, 0.2) is 11.2 Å². The van der Waals surface area contributed by atoms with Gasteiger partial charge in [-0.1, -0.05) is 0 Å². The first-order valence-corrected chi connectivity index (χ1v) is 14.0. The molecule has 1 aromatic heterocycles. The smallest absolute Gasteiger partial charge is 0.419 e. The summed E-state index contributed by atoms with van der Waals surface area (Å²) in [5.41, 5.74) is -4.11. The number of hydrogen-bond acceptors (Lipinski definition) is 8. The lowest BCUT2D eigenvalue weighted by Gasteiger charge is -2.34. The van der Waals surface area contributed by atoms with E-state index < -0.39 is 40.0 Å². The lowest BCUT2D eigenvalue weighted by atomic mass is 9.98. The molecule has 226 valence electrons. The maximum Gasteiger partial charge on any atom is 0.419 e. The summed E-state index contributed by atoms with van der Waals surface area (Å²) in [6, 6.07) is 9.25. The molecule has 0 bridgehead atoms. The van der Waals surface area contributed by atoms with E-state index in [0.717, 1.165) is 30.0 Å². The molecule has 0 saturated carbocycles. The second kappa shape index (κ2) is 11.6. The Bertz CT molecular complexity index is 1360. The van der Waals surface area contributed by atoms with Crippen molar-refractivity contribution in [3.63, 3.8) is 0 Å². The molecule has 1 atom stereocenters. The number of thiol groups is 1. The number of pyridine rings is 1. The van der Waals surface area contributed by atoms with Crippen LogP contribution in [0.4, 0.5) is 29.3 Å². The number of hydrogen-bond donors (Lipinski definition) is 1. The third kappa shape index (κ3) is 6.53.